The third-order valence-corrected chi connectivity index (χ3v) is 5.44. The molecule has 20 heavy (non-hydrogen) atoms. The van der Waals surface area contributed by atoms with Gasteiger partial charge in [0.1, 0.15) is 0 Å². The van der Waals surface area contributed by atoms with Crippen molar-refractivity contribution < 1.29 is 0 Å². The van der Waals surface area contributed by atoms with E-state index in [0.29, 0.717) is 0 Å². The number of anilines is 1. The quantitative estimate of drug-likeness (QED) is 0.902. The molecule has 2 aliphatic rings. The summed E-state index contributed by atoms with van der Waals surface area (Å²) in [6.45, 7) is 4.51. The standard InChI is InChI=1S/C18H28N2/c1-3-14-7-9-16(10-8-14)20(2)18-6-4-5-15-13-19-12-11-17(15)18/h4-6,14,16,19H,3,7-13H2,1-2H3. The Bertz CT molecular complexity index is 447. The molecule has 0 spiro atoms. The molecule has 1 heterocycles. The van der Waals surface area contributed by atoms with E-state index >= 15 is 0 Å². The molecule has 1 aliphatic carbocycles. The molecule has 0 bridgehead atoms. The van der Waals surface area contributed by atoms with Crippen molar-refractivity contribution >= 4 is 5.69 Å². The van der Waals surface area contributed by atoms with E-state index in [4.69, 9.17) is 0 Å². The van der Waals surface area contributed by atoms with Gasteiger partial charge >= 0.3 is 0 Å². The predicted octanol–water partition coefficient (Wildman–Crippen LogP) is 3.74. The summed E-state index contributed by atoms with van der Waals surface area (Å²) in [4.78, 5) is 2.58. The minimum atomic E-state index is 0.749. The van der Waals surface area contributed by atoms with Gasteiger partial charge in [-0.3, -0.25) is 0 Å². The first-order valence-corrected chi connectivity index (χ1v) is 8.34. The second kappa shape index (κ2) is 6.17. The molecule has 0 unspecified atom stereocenters. The molecule has 0 saturated heterocycles. The van der Waals surface area contributed by atoms with E-state index in [1.807, 2.05) is 0 Å². The molecule has 1 aromatic rings. The van der Waals surface area contributed by atoms with Crippen molar-refractivity contribution in [3.05, 3.63) is 29.3 Å². The van der Waals surface area contributed by atoms with Crippen LogP contribution in [-0.2, 0) is 13.0 Å². The Kier molecular flexibility index (Phi) is 4.30. The van der Waals surface area contributed by atoms with Crippen LogP contribution in [0.4, 0.5) is 5.69 Å². The summed E-state index contributed by atoms with van der Waals surface area (Å²) < 4.78 is 0. The highest BCUT2D eigenvalue weighted by atomic mass is 15.1. The van der Waals surface area contributed by atoms with E-state index in [1.54, 1.807) is 5.56 Å². The molecule has 3 rings (SSSR count). The van der Waals surface area contributed by atoms with Crippen molar-refractivity contribution in [2.45, 2.75) is 58.0 Å². The Labute approximate surface area is 123 Å². The highest BCUT2D eigenvalue weighted by molar-refractivity contribution is 5.58. The Morgan fingerprint density at radius 2 is 2.00 bits per heavy atom. The van der Waals surface area contributed by atoms with Gasteiger partial charge in [0.25, 0.3) is 0 Å². The number of hydrogen-bond donors (Lipinski definition) is 1. The van der Waals surface area contributed by atoms with Crippen molar-refractivity contribution in [1.82, 2.24) is 5.32 Å². The fraction of sp³-hybridized carbons (Fsp3) is 0.667. The van der Waals surface area contributed by atoms with Crippen molar-refractivity contribution in [1.29, 1.82) is 0 Å². The molecule has 0 radical (unpaired) electrons. The molecular formula is C18H28N2. The molecule has 110 valence electrons. The highest BCUT2D eigenvalue weighted by Gasteiger charge is 2.25. The summed E-state index contributed by atoms with van der Waals surface area (Å²) in [6.07, 6.45) is 8.13. The van der Waals surface area contributed by atoms with Crippen molar-refractivity contribution in [2.24, 2.45) is 5.92 Å². The van der Waals surface area contributed by atoms with Gasteiger partial charge in [0.05, 0.1) is 0 Å². The van der Waals surface area contributed by atoms with Crippen LogP contribution in [0.5, 0.6) is 0 Å². The van der Waals surface area contributed by atoms with Gasteiger partial charge in [-0.05, 0) is 61.8 Å². The van der Waals surface area contributed by atoms with Gasteiger partial charge in [0.2, 0.25) is 0 Å². The third kappa shape index (κ3) is 2.71. The third-order valence-electron chi connectivity index (χ3n) is 5.44. The van der Waals surface area contributed by atoms with E-state index in [-0.39, 0.29) is 0 Å². The summed E-state index contributed by atoms with van der Waals surface area (Å²) in [5, 5.41) is 3.48. The van der Waals surface area contributed by atoms with Crippen LogP contribution in [0, 0.1) is 5.92 Å². The molecule has 2 nitrogen and oxygen atoms in total. The Balaban J connectivity index is 1.76. The van der Waals surface area contributed by atoms with Crippen LogP contribution in [0.1, 0.15) is 50.2 Å². The lowest BCUT2D eigenvalue weighted by Crippen LogP contribution is -2.36. The average Bonchev–Trinajstić information content (AvgIpc) is 2.54. The average molecular weight is 272 g/mol. The van der Waals surface area contributed by atoms with Gasteiger partial charge in [-0.25, -0.2) is 0 Å². The van der Waals surface area contributed by atoms with Crippen LogP contribution < -0.4 is 10.2 Å². The zero-order valence-corrected chi connectivity index (χ0v) is 13.0. The maximum atomic E-state index is 3.48. The molecule has 2 heteroatoms. The van der Waals surface area contributed by atoms with Gasteiger partial charge < -0.3 is 10.2 Å². The van der Waals surface area contributed by atoms with Crippen LogP contribution in [-0.4, -0.2) is 19.6 Å². The molecule has 1 N–H and O–H groups in total. The van der Waals surface area contributed by atoms with Gasteiger partial charge in [-0.1, -0.05) is 25.5 Å². The van der Waals surface area contributed by atoms with Crippen LogP contribution in [0.15, 0.2) is 18.2 Å². The van der Waals surface area contributed by atoms with Crippen molar-refractivity contribution in [2.75, 3.05) is 18.5 Å². The minimum absolute atomic E-state index is 0.749. The lowest BCUT2D eigenvalue weighted by atomic mass is 9.83. The number of nitrogens with one attached hydrogen (secondary N) is 1. The number of fused-ring (bicyclic) bond motifs is 1. The highest BCUT2D eigenvalue weighted by Crippen LogP contribution is 2.33. The van der Waals surface area contributed by atoms with Gasteiger partial charge in [-0.15, -0.1) is 0 Å². The zero-order chi connectivity index (χ0) is 13.9. The molecule has 0 aromatic heterocycles. The number of benzene rings is 1. The van der Waals surface area contributed by atoms with E-state index < -0.39 is 0 Å². The van der Waals surface area contributed by atoms with Gasteiger partial charge in [0, 0.05) is 25.3 Å². The van der Waals surface area contributed by atoms with Gasteiger partial charge in [0.15, 0.2) is 0 Å². The minimum Gasteiger partial charge on any atom is -0.371 e. The predicted molar refractivity (Wildman–Crippen MR) is 86.3 cm³/mol. The first kappa shape index (κ1) is 13.9. The summed E-state index contributed by atoms with van der Waals surface area (Å²) in [6, 6.07) is 7.59. The van der Waals surface area contributed by atoms with E-state index in [2.05, 4.69) is 42.4 Å². The smallest absolute Gasteiger partial charge is 0.0402 e. The van der Waals surface area contributed by atoms with Crippen LogP contribution in [0.25, 0.3) is 0 Å². The second-order valence-electron chi connectivity index (χ2n) is 6.54. The molecule has 1 aliphatic heterocycles. The summed E-state index contributed by atoms with van der Waals surface area (Å²) >= 11 is 0. The molecule has 0 amide bonds. The van der Waals surface area contributed by atoms with Crippen LogP contribution >= 0.6 is 0 Å². The Hall–Kier alpha value is -1.02. The fourth-order valence-corrected chi connectivity index (χ4v) is 3.98. The Morgan fingerprint density at radius 1 is 1.20 bits per heavy atom. The molecule has 1 aromatic carbocycles. The van der Waals surface area contributed by atoms with E-state index in [0.717, 1.165) is 25.0 Å². The Morgan fingerprint density at radius 3 is 2.75 bits per heavy atom. The van der Waals surface area contributed by atoms with Crippen LogP contribution in [0.3, 0.4) is 0 Å². The lowest BCUT2D eigenvalue weighted by molar-refractivity contribution is 0.313. The topological polar surface area (TPSA) is 15.3 Å². The van der Waals surface area contributed by atoms with E-state index in [1.165, 1.54) is 49.8 Å². The normalized spacial score (nSPS) is 26.1. The van der Waals surface area contributed by atoms with E-state index in [9.17, 15) is 0 Å². The summed E-state index contributed by atoms with van der Waals surface area (Å²) in [5.74, 6) is 0.980. The summed E-state index contributed by atoms with van der Waals surface area (Å²) in [7, 11) is 2.31. The molecule has 0 atom stereocenters. The maximum absolute atomic E-state index is 3.48. The SMILES string of the molecule is CCC1CCC(N(C)c2cccc3c2CCNC3)CC1. The zero-order valence-electron chi connectivity index (χ0n) is 13.0. The largest absolute Gasteiger partial charge is 0.371 e. The number of nitrogens with zero attached hydrogens (tertiary/aromatic N) is 1. The van der Waals surface area contributed by atoms with Crippen molar-refractivity contribution in [3.8, 4) is 0 Å². The van der Waals surface area contributed by atoms with Crippen LogP contribution in [0.2, 0.25) is 0 Å². The number of rotatable bonds is 3. The molecular weight excluding hydrogens is 244 g/mol. The monoisotopic (exact) mass is 272 g/mol. The first-order chi connectivity index (χ1) is 9.79. The second-order valence-corrected chi connectivity index (χ2v) is 6.54. The van der Waals surface area contributed by atoms with Gasteiger partial charge in [-0.2, -0.15) is 0 Å². The fourth-order valence-electron chi connectivity index (χ4n) is 3.98. The molecule has 1 saturated carbocycles. The molecule has 1 fully saturated rings. The van der Waals surface area contributed by atoms with Crippen molar-refractivity contribution in [3.63, 3.8) is 0 Å². The number of hydrogen-bond acceptors (Lipinski definition) is 2. The maximum Gasteiger partial charge on any atom is 0.0402 e. The lowest BCUT2D eigenvalue weighted by Gasteiger charge is -2.37. The summed E-state index contributed by atoms with van der Waals surface area (Å²) in [5.41, 5.74) is 4.58. The first-order valence-electron chi connectivity index (χ1n) is 8.34.